The van der Waals surface area contributed by atoms with E-state index in [-0.39, 0.29) is 17.3 Å². The number of hydrogen-bond acceptors (Lipinski definition) is 4. The normalized spacial score (nSPS) is 31.6. The summed E-state index contributed by atoms with van der Waals surface area (Å²) >= 11 is 0. The largest absolute Gasteiger partial charge is 0.496 e. The van der Waals surface area contributed by atoms with Gasteiger partial charge in [0, 0.05) is 0 Å². The van der Waals surface area contributed by atoms with Crippen LogP contribution in [0.25, 0.3) is 0 Å². The molecule has 0 aliphatic heterocycles. The van der Waals surface area contributed by atoms with Crippen molar-refractivity contribution in [3.05, 3.63) is 28.8 Å². The van der Waals surface area contributed by atoms with Crippen LogP contribution < -0.4 is 4.74 Å². The molecule has 3 rings (SSSR count). The molecule has 0 aromatic heterocycles. The Morgan fingerprint density at radius 1 is 1.25 bits per heavy atom. The van der Waals surface area contributed by atoms with E-state index < -0.39 is 5.41 Å². The lowest BCUT2D eigenvalue weighted by atomic mass is 9.49. The van der Waals surface area contributed by atoms with Crippen molar-refractivity contribution in [1.29, 1.82) is 0 Å². The van der Waals surface area contributed by atoms with Crippen LogP contribution >= 0.6 is 0 Å². The monoisotopic (exact) mass is 330 g/mol. The fourth-order valence-corrected chi connectivity index (χ4v) is 5.26. The Labute approximate surface area is 143 Å². The number of rotatable bonds is 3. The van der Waals surface area contributed by atoms with Gasteiger partial charge in [-0.1, -0.05) is 13.3 Å². The number of carbonyl (C=O) groups is 2. The smallest absolute Gasteiger partial charge is 0.311 e. The van der Waals surface area contributed by atoms with Crippen molar-refractivity contribution < 1.29 is 19.1 Å². The van der Waals surface area contributed by atoms with E-state index in [1.54, 1.807) is 7.11 Å². The highest BCUT2D eigenvalue weighted by atomic mass is 16.5. The molecule has 2 aliphatic rings. The van der Waals surface area contributed by atoms with Crippen molar-refractivity contribution in [2.45, 2.75) is 51.4 Å². The Morgan fingerprint density at radius 3 is 2.62 bits per heavy atom. The number of fused-ring (bicyclic) bond motifs is 3. The number of methoxy groups -OCH3 is 2. The van der Waals surface area contributed by atoms with Crippen molar-refractivity contribution in [3.8, 4) is 5.75 Å². The van der Waals surface area contributed by atoms with Gasteiger partial charge in [0.2, 0.25) is 0 Å². The number of aryl methyl sites for hydroxylation is 1. The van der Waals surface area contributed by atoms with Gasteiger partial charge in [0.25, 0.3) is 0 Å². The number of hydrogen-bond donors (Lipinski definition) is 0. The van der Waals surface area contributed by atoms with Crippen LogP contribution in [-0.4, -0.2) is 26.5 Å². The van der Waals surface area contributed by atoms with Gasteiger partial charge in [-0.05, 0) is 67.2 Å². The Bertz CT molecular complexity index is 680. The predicted octanol–water partition coefficient (Wildman–Crippen LogP) is 3.69. The van der Waals surface area contributed by atoms with Crippen molar-refractivity contribution in [1.82, 2.24) is 0 Å². The van der Waals surface area contributed by atoms with Crippen LogP contribution in [0.2, 0.25) is 0 Å². The van der Waals surface area contributed by atoms with Crippen molar-refractivity contribution >= 4 is 12.3 Å². The molecule has 1 aromatic rings. The van der Waals surface area contributed by atoms with Gasteiger partial charge in [0.1, 0.15) is 5.75 Å². The molecule has 2 aliphatic carbocycles. The van der Waals surface area contributed by atoms with Gasteiger partial charge in [-0.15, -0.1) is 0 Å². The van der Waals surface area contributed by atoms with Gasteiger partial charge in [0.15, 0.2) is 6.29 Å². The van der Waals surface area contributed by atoms with E-state index in [0.29, 0.717) is 11.3 Å². The van der Waals surface area contributed by atoms with Crippen LogP contribution in [0.1, 0.15) is 61.0 Å². The summed E-state index contributed by atoms with van der Waals surface area (Å²) in [7, 11) is 3.08. The summed E-state index contributed by atoms with van der Waals surface area (Å²) in [4.78, 5) is 23.9. The first-order valence-electron chi connectivity index (χ1n) is 8.65. The lowest BCUT2D eigenvalue weighted by Gasteiger charge is -2.54. The number of benzene rings is 1. The lowest BCUT2D eigenvalue weighted by Crippen LogP contribution is -2.52. The molecule has 0 heterocycles. The second kappa shape index (κ2) is 5.91. The molecule has 3 atom stereocenters. The first-order valence-corrected chi connectivity index (χ1v) is 8.65. The van der Waals surface area contributed by atoms with Crippen LogP contribution in [0.5, 0.6) is 5.75 Å². The summed E-state index contributed by atoms with van der Waals surface area (Å²) in [5.74, 6) is 0.764. The minimum Gasteiger partial charge on any atom is -0.496 e. The van der Waals surface area contributed by atoms with Crippen molar-refractivity contribution in [3.63, 3.8) is 0 Å². The second-order valence-electron chi connectivity index (χ2n) is 7.64. The van der Waals surface area contributed by atoms with Gasteiger partial charge in [0.05, 0.1) is 25.2 Å². The first-order chi connectivity index (χ1) is 11.4. The summed E-state index contributed by atoms with van der Waals surface area (Å²) in [6.07, 6.45) is 5.59. The van der Waals surface area contributed by atoms with E-state index in [9.17, 15) is 9.59 Å². The third-order valence-electron chi connectivity index (χ3n) is 6.48. The third kappa shape index (κ3) is 2.27. The Balaban J connectivity index is 2.13. The average Bonchev–Trinajstić information content (AvgIpc) is 2.59. The maximum Gasteiger partial charge on any atom is 0.311 e. The predicted molar refractivity (Wildman–Crippen MR) is 91.5 cm³/mol. The molecule has 0 spiro atoms. The Morgan fingerprint density at radius 2 is 2.00 bits per heavy atom. The third-order valence-corrected chi connectivity index (χ3v) is 6.48. The molecule has 1 fully saturated rings. The van der Waals surface area contributed by atoms with Crippen LogP contribution in [0.4, 0.5) is 0 Å². The Hall–Kier alpha value is -1.84. The molecule has 1 saturated carbocycles. The van der Waals surface area contributed by atoms with Crippen molar-refractivity contribution in [2.24, 2.45) is 11.3 Å². The highest BCUT2D eigenvalue weighted by Crippen LogP contribution is 2.58. The van der Waals surface area contributed by atoms with Gasteiger partial charge in [-0.3, -0.25) is 9.59 Å². The van der Waals surface area contributed by atoms with Gasteiger partial charge in [-0.25, -0.2) is 0 Å². The average molecular weight is 330 g/mol. The minimum atomic E-state index is -0.448. The molecular formula is C20H26O4. The Kier molecular flexibility index (Phi) is 4.18. The fraction of sp³-hybridized carbons (Fsp3) is 0.600. The molecule has 130 valence electrons. The van der Waals surface area contributed by atoms with Crippen LogP contribution in [0, 0.1) is 11.3 Å². The zero-order valence-electron chi connectivity index (χ0n) is 15.0. The molecular weight excluding hydrogens is 304 g/mol. The molecule has 4 nitrogen and oxygen atoms in total. The van der Waals surface area contributed by atoms with Crippen LogP contribution in [-0.2, 0) is 21.4 Å². The summed E-state index contributed by atoms with van der Waals surface area (Å²) in [6.45, 7) is 4.32. The molecule has 4 heteroatoms. The quantitative estimate of drug-likeness (QED) is 0.626. The number of aldehydes is 1. The first kappa shape index (κ1) is 17.0. The van der Waals surface area contributed by atoms with Gasteiger partial charge >= 0.3 is 5.97 Å². The molecule has 1 aromatic carbocycles. The van der Waals surface area contributed by atoms with Gasteiger partial charge in [-0.2, -0.15) is 0 Å². The lowest BCUT2D eigenvalue weighted by molar-refractivity contribution is -0.161. The zero-order valence-corrected chi connectivity index (χ0v) is 15.0. The van der Waals surface area contributed by atoms with E-state index in [1.165, 1.54) is 18.2 Å². The van der Waals surface area contributed by atoms with Crippen molar-refractivity contribution in [2.75, 3.05) is 14.2 Å². The van der Waals surface area contributed by atoms with E-state index in [1.807, 2.05) is 12.1 Å². The summed E-state index contributed by atoms with van der Waals surface area (Å²) in [5, 5.41) is 0. The van der Waals surface area contributed by atoms with Crippen LogP contribution in [0.3, 0.4) is 0 Å². The summed E-state index contributed by atoms with van der Waals surface area (Å²) < 4.78 is 10.6. The summed E-state index contributed by atoms with van der Waals surface area (Å²) in [5.41, 5.74) is 2.51. The summed E-state index contributed by atoms with van der Waals surface area (Å²) in [6, 6.07) is 3.99. The topological polar surface area (TPSA) is 52.6 Å². The second-order valence-corrected chi connectivity index (χ2v) is 7.64. The highest BCUT2D eigenvalue weighted by Gasteiger charge is 2.55. The zero-order chi connectivity index (χ0) is 17.5. The number of esters is 1. The van der Waals surface area contributed by atoms with E-state index in [2.05, 4.69) is 13.8 Å². The number of carbonyl (C=O) groups excluding carboxylic acids is 2. The molecule has 1 unspecified atom stereocenters. The minimum absolute atomic E-state index is 0.0938. The molecule has 0 N–H and O–H groups in total. The number of ether oxygens (including phenoxy) is 2. The standard InChI is InChI=1S/C20H26O4/c1-19-8-5-9-20(2,18(22)24-4)17(19)7-6-13-10-14(12-21)16(23-3)11-15(13)19/h10-12,17H,5-9H2,1-4H3/t17-,19-,20?/m1/s1. The maximum absolute atomic E-state index is 12.5. The van der Waals surface area contributed by atoms with E-state index in [4.69, 9.17) is 9.47 Å². The highest BCUT2D eigenvalue weighted by molar-refractivity contribution is 5.81. The fourth-order valence-electron chi connectivity index (χ4n) is 5.26. The molecule has 0 saturated heterocycles. The molecule has 0 amide bonds. The maximum atomic E-state index is 12.5. The van der Waals surface area contributed by atoms with E-state index in [0.717, 1.165) is 38.4 Å². The van der Waals surface area contributed by atoms with Gasteiger partial charge < -0.3 is 9.47 Å². The SMILES string of the molecule is COC(=O)C1(C)CCC[C@]2(C)c3cc(OC)c(C=O)cc3CC[C@@H]12. The molecule has 0 bridgehead atoms. The molecule has 0 radical (unpaired) electrons. The van der Waals surface area contributed by atoms with E-state index >= 15 is 0 Å². The molecule has 24 heavy (non-hydrogen) atoms. The van der Waals surface area contributed by atoms with Crippen LogP contribution in [0.15, 0.2) is 12.1 Å².